The Kier molecular flexibility index (Phi) is 8.67. The molecule has 0 aromatic heterocycles. The Morgan fingerprint density at radius 2 is 1.84 bits per heavy atom. The summed E-state index contributed by atoms with van der Waals surface area (Å²) < 4.78 is 5.05. The van der Waals surface area contributed by atoms with Gasteiger partial charge in [-0.05, 0) is 51.3 Å². The van der Waals surface area contributed by atoms with E-state index in [0.29, 0.717) is 58.5 Å². The van der Waals surface area contributed by atoms with Crippen LogP contribution in [0.1, 0.15) is 44.6 Å². The molecule has 8 heteroatoms. The number of nitrogens with zero attached hydrogens (tertiary/aromatic N) is 1. The molecule has 2 aliphatic rings. The largest absolute Gasteiger partial charge is 0.450 e. The highest BCUT2D eigenvalue weighted by molar-refractivity contribution is 5.92. The molecule has 2 fully saturated rings. The lowest BCUT2D eigenvalue weighted by Gasteiger charge is -2.39. The van der Waals surface area contributed by atoms with Crippen LogP contribution < -0.4 is 16.0 Å². The van der Waals surface area contributed by atoms with Crippen LogP contribution in [0, 0.1) is 0 Å². The highest BCUT2D eigenvalue weighted by Crippen LogP contribution is 2.21. The van der Waals surface area contributed by atoms with Gasteiger partial charge >= 0.3 is 6.09 Å². The molecule has 0 atom stereocenters. The number of carbonyl (C=O) groups is 3. The number of hydrogen-bond acceptors (Lipinski definition) is 5. The predicted molar refractivity (Wildman–Crippen MR) is 123 cm³/mol. The van der Waals surface area contributed by atoms with Gasteiger partial charge in [0.1, 0.15) is 5.54 Å². The maximum absolute atomic E-state index is 13.3. The van der Waals surface area contributed by atoms with E-state index in [1.54, 1.807) is 11.8 Å². The Balaban J connectivity index is 1.54. The van der Waals surface area contributed by atoms with Gasteiger partial charge in [-0.3, -0.25) is 9.59 Å². The van der Waals surface area contributed by atoms with Crippen molar-refractivity contribution < 1.29 is 19.1 Å². The second kappa shape index (κ2) is 11.7. The summed E-state index contributed by atoms with van der Waals surface area (Å²) in [5.74, 6) is -0.291. The summed E-state index contributed by atoms with van der Waals surface area (Å²) in [6, 6.07) is 9.78. The monoisotopic (exact) mass is 442 g/mol. The van der Waals surface area contributed by atoms with E-state index in [1.165, 1.54) is 0 Å². The second-order valence-corrected chi connectivity index (χ2v) is 8.33. The topological polar surface area (TPSA) is 99.8 Å². The number of piperidine rings is 2. The van der Waals surface area contributed by atoms with E-state index >= 15 is 0 Å². The van der Waals surface area contributed by atoms with Gasteiger partial charge in [0.15, 0.2) is 0 Å². The molecular weight excluding hydrogens is 408 g/mol. The highest BCUT2D eigenvalue weighted by Gasteiger charge is 2.41. The van der Waals surface area contributed by atoms with Gasteiger partial charge in [-0.1, -0.05) is 42.5 Å². The van der Waals surface area contributed by atoms with E-state index in [0.717, 1.165) is 5.56 Å². The van der Waals surface area contributed by atoms with Gasteiger partial charge in [-0.25, -0.2) is 4.79 Å². The third-order valence-electron chi connectivity index (χ3n) is 6.04. The average Bonchev–Trinajstić information content (AvgIpc) is 2.81. The first-order valence-corrected chi connectivity index (χ1v) is 11.5. The molecule has 3 N–H and O–H groups in total. The number of carbonyl (C=O) groups excluding carboxylic acids is 3. The van der Waals surface area contributed by atoms with Gasteiger partial charge < -0.3 is 25.6 Å². The molecule has 2 saturated heterocycles. The molecule has 3 amide bonds. The lowest BCUT2D eigenvalue weighted by atomic mass is 9.86. The van der Waals surface area contributed by atoms with Crippen molar-refractivity contribution in [3.8, 4) is 0 Å². The number of likely N-dealkylation sites (tertiary alicyclic amines) is 1. The van der Waals surface area contributed by atoms with E-state index in [2.05, 4.69) is 16.0 Å². The van der Waals surface area contributed by atoms with E-state index in [1.807, 2.05) is 42.5 Å². The van der Waals surface area contributed by atoms with Gasteiger partial charge in [-0.15, -0.1) is 0 Å². The van der Waals surface area contributed by atoms with E-state index in [-0.39, 0.29) is 30.4 Å². The Morgan fingerprint density at radius 1 is 1.16 bits per heavy atom. The zero-order chi connectivity index (χ0) is 22.8. The molecule has 0 bridgehead atoms. The fourth-order valence-corrected chi connectivity index (χ4v) is 4.19. The number of hydrogen-bond donors (Lipinski definition) is 3. The van der Waals surface area contributed by atoms with E-state index in [9.17, 15) is 14.4 Å². The van der Waals surface area contributed by atoms with Gasteiger partial charge in [0, 0.05) is 25.6 Å². The first-order chi connectivity index (χ1) is 15.5. The van der Waals surface area contributed by atoms with Crippen molar-refractivity contribution in [2.45, 2.75) is 50.6 Å². The van der Waals surface area contributed by atoms with Gasteiger partial charge in [0.25, 0.3) is 0 Å². The highest BCUT2D eigenvalue weighted by atomic mass is 16.6. The summed E-state index contributed by atoms with van der Waals surface area (Å²) in [5, 5.41) is 9.42. The lowest BCUT2D eigenvalue weighted by molar-refractivity contribution is -0.135. The normalized spacial score (nSPS) is 18.8. The summed E-state index contributed by atoms with van der Waals surface area (Å²) in [4.78, 5) is 39.5. The molecule has 1 aromatic rings. The quantitative estimate of drug-likeness (QED) is 0.600. The molecule has 0 unspecified atom stereocenters. The van der Waals surface area contributed by atoms with Crippen LogP contribution in [-0.4, -0.2) is 67.2 Å². The zero-order valence-electron chi connectivity index (χ0n) is 18.8. The molecule has 3 rings (SSSR count). The van der Waals surface area contributed by atoms with Crippen molar-refractivity contribution in [2.24, 2.45) is 0 Å². The van der Waals surface area contributed by atoms with E-state index in [4.69, 9.17) is 4.74 Å². The summed E-state index contributed by atoms with van der Waals surface area (Å²) >= 11 is 0. The van der Waals surface area contributed by atoms with Crippen LogP contribution in [0.2, 0.25) is 0 Å². The van der Waals surface area contributed by atoms with Crippen molar-refractivity contribution in [1.82, 2.24) is 20.9 Å². The molecular formula is C24H34N4O4. The molecule has 8 nitrogen and oxygen atoms in total. The Hall–Kier alpha value is -2.87. The van der Waals surface area contributed by atoms with Crippen molar-refractivity contribution in [2.75, 3.05) is 32.8 Å². The summed E-state index contributed by atoms with van der Waals surface area (Å²) in [5.41, 5.74) is 0.130. The smallest absolute Gasteiger partial charge is 0.409 e. The van der Waals surface area contributed by atoms with Crippen LogP contribution in [0.4, 0.5) is 4.79 Å². The standard InChI is InChI=1S/C24H34N4O4/c1-2-32-23(31)28-17-11-20(12-18-28)26-22(30)24(13-15-25-16-14-24)27-21(29)10-6-9-19-7-4-3-5-8-19/h3-9,20,25H,2,10-18H2,1H3,(H,26,30)(H,27,29)/b9-6-. The predicted octanol–water partition coefficient (Wildman–Crippen LogP) is 2.07. The fraction of sp³-hybridized carbons (Fsp3) is 0.542. The molecule has 32 heavy (non-hydrogen) atoms. The number of amides is 3. The number of ether oxygens (including phenoxy) is 1. The van der Waals surface area contributed by atoms with Crippen molar-refractivity contribution >= 4 is 24.0 Å². The molecule has 2 aliphatic heterocycles. The Labute approximate surface area is 189 Å². The van der Waals surface area contributed by atoms with Crippen LogP contribution in [0.15, 0.2) is 36.4 Å². The molecule has 174 valence electrons. The minimum Gasteiger partial charge on any atom is -0.450 e. The first kappa shape index (κ1) is 23.8. The van der Waals surface area contributed by atoms with Crippen LogP contribution in [0.25, 0.3) is 6.08 Å². The van der Waals surface area contributed by atoms with Crippen LogP contribution >= 0.6 is 0 Å². The minimum absolute atomic E-state index is 0.0187. The van der Waals surface area contributed by atoms with Crippen LogP contribution in [0.5, 0.6) is 0 Å². The molecule has 1 aromatic carbocycles. The van der Waals surface area contributed by atoms with Gasteiger partial charge in [-0.2, -0.15) is 0 Å². The summed E-state index contributed by atoms with van der Waals surface area (Å²) in [6.07, 6.45) is 6.09. The maximum atomic E-state index is 13.3. The lowest BCUT2D eigenvalue weighted by Crippen LogP contribution is -2.64. The average molecular weight is 443 g/mol. The third kappa shape index (κ3) is 6.56. The number of rotatable bonds is 7. The molecule has 0 spiro atoms. The number of benzene rings is 1. The van der Waals surface area contributed by atoms with Crippen LogP contribution in [0.3, 0.4) is 0 Å². The third-order valence-corrected chi connectivity index (χ3v) is 6.04. The molecule has 2 heterocycles. The Bertz CT molecular complexity index is 797. The maximum Gasteiger partial charge on any atom is 0.409 e. The van der Waals surface area contributed by atoms with Gasteiger partial charge in [0.05, 0.1) is 6.61 Å². The summed E-state index contributed by atoms with van der Waals surface area (Å²) in [7, 11) is 0. The summed E-state index contributed by atoms with van der Waals surface area (Å²) in [6.45, 7) is 4.59. The van der Waals surface area contributed by atoms with E-state index < -0.39 is 5.54 Å². The van der Waals surface area contributed by atoms with Crippen molar-refractivity contribution in [3.05, 3.63) is 42.0 Å². The minimum atomic E-state index is -0.902. The number of nitrogens with one attached hydrogen (secondary N) is 3. The molecule has 0 radical (unpaired) electrons. The second-order valence-electron chi connectivity index (χ2n) is 8.33. The van der Waals surface area contributed by atoms with Crippen molar-refractivity contribution in [3.63, 3.8) is 0 Å². The van der Waals surface area contributed by atoms with Crippen LogP contribution in [-0.2, 0) is 14.3 Å². The zero-order valence-corrected chi connectivity index (χ0v) is 18.8. The molecule has 0 aliphatic carbocycles. The molecule has 0 saturated carbocycles. The SMILES string of the molecule is CCOC(=O)N1CCC(NC(=O)C2(NC(=O)C/C=C\c3ccccc3)CCNCC2)CC1. The fourth-order valence-electron chi connectivity index (χ4n) is 4.19. The Morgan fingerprint density at radius 3 is 2.50 bits per heavy atom. The first-order valence-electron chi connectivity index (χ1n) is 11.5. The van der Waals surface area contributed by atoms with Gasteiger partial charge in [0.2, 0.25) is 11.8 Å². The van der Waals surface area contributed by atoms with Crippen molar-refractivity contribution in [1.29, 1.82) is 0 Å².